The minimum Gasteiger partial charge on any atom is -0.476 e. The van der Waals surface area contributed by atoms with Crippen LogP contribution >= 0.6 is 15.9 Å². The first kappa shape index (κ1) is 8.95. The van der Waals surface area contributed by atoms with Crippen LogP contribution in [-0.2, 0) is 0 Å². The number of halogens is 1. The summed E-state index contributed by atoms with van der Waals surface area (Å²) < 4.78 is 7.00. The Bertz CT molecular complexity index is 476. The van der Waals surface area contributed by atoms with Gasteiger partial charge >= 0.3 is 12.0 Å². The molecule has 0 fully saturated rings. The highest BCUT2D eigenvalue weighted by Crippen LogP contribution is 2.11. The Morgan fingerprint density at radius 3 is 2.93 bits per heavy atom. The van der Waals surface area contributed by atoms with Crippen LogP contribution in [0.2, 0.25) is 0 Å². The van der Waals surface area contributed by atoms with Gasteiger partial charge in [0.25, 0.3) is 0 Å². The van der Waals surface area contributed by atoms with Gasteiger partial charge in [-0.2, -0.15) is 14.8 Å². The van der Waals surface area contributed by atoms with Crippen molar-refractivity contribution in [3.8, 4) is 6.01 Å². The quantitative estimate of drug-likeness (QED) is 0.878. The number of aromatic nitrogens is 3. The average molecular weight is 258 g/mol. The van der Waals surface area contributed by atoms with Crippen molar-refractivity contribution >= 4 is 21.9 Å². The van der Waals surface area contributed by atoms with E-state index in [-0.39, 0.29) is 11.7 Å². The molecule has 1 N–H and O–H groups in total. The van der Waals surface area contributed by atoms with Crippen LogP contribution in [0.1, 0.15) is 10.5 Å². The Hall–Kier alpha value is -1.63. The number of carboxylic acid groups (broad SMARTS) is 1. The van der Waals surface area contributed by atoms with Gasteiger partial charge in [-0.1, -0.05) is 0 Å². The molecule has 0 aliphatic rings. The third-order valence-corrected chi connectivity index (χ3v) is 1.87. The van der Waals surface area contributed by atoms with Crippen LogP contribution in [-0.4, -0.2) is 25.8 Å². The van der Waals surface area contributed by atoms with E-state index in [0.29, 0.717) is 0 Å². The number of aromatic carboxylic acids is 1. The largest absolute Gasteiger partial charge is 0.476 e. The first-order chi connectivity index (χ1) is 6.66. The second-order valence-corrected chi connectivity index (χ2v) is 3.34. The van der Waals surface area contributed by atoms with Crippen LogP contribution in [0.25, 0.3) is 6.01 Å². The highest BCUT2D eigenvalue weighted by molar-refractivity contribution is 9.10. The van der Waals surface area contributed by atoms with Crippen molar-refractivity contribution in [2.75, 3.05) is 0 Å². The van der Waals surface area contributed by atoms with Crippen LogP contribution < -0.4 is 0 Å². The molecule has 0 atom stereocenters. The van der Waals surface area contributed by atoms with E-state index in [1.165, 1.54) is 4.68 Å². The van der Waals surface area contributed by atoms with Crippen molar-refractivity contribution in [1.29, 1.82) is 0 Å². The van der Waals surface area contributed by atoms with Crippen LogP contribution in [0, 0.1) is 0 Å². The van der Waals surface area contributed by atoms with Crippen LogP contribution in [0.5, 0.6) is 0 Å². The lowest BCUT2D eigenvalue weighted by Gasteiger charge is -1.89. The monoisotopic (exact) mass is 257 g/mol. The van der Waals surface area contributed by atoms with E-state index in [9.17, 15) is 4.79 Å². The van der Waals surface area contributed by atoms with Gasteiger partial charge in [-0.25, -0.2) is 4.79 Å². The Balaban J connectivity index is 2.38. The van der Waals surface area contributed by atoms with Crippen molar-refractivity contribution in [3.05, 3.63) is 28.8 Å². The zero-order valence-electron chi connectivity index (χ0n) is 6.72. The first-order valence-electron chi connectivity index (χ1n) is 3.56. The summed E-state index contributed by atoms with van der Waals surface area (Å²) in [6.45, 7) is 0. The van der Waals surface area contributed by atoms with Gasteiger partial charge in [0.2, 0.25) is 0 Å². The van der Waals surface area contributed by atoms with E-state index in [4.69, 9.17) is 9.52 Å². The molecule has 2 aromatic heterocycles. The molecular weight excluding hydrogens is 254 g/mol. The molecular formula is C7H4BrN3O3. The van der Waals surface area contributed by atoms with Crippen LogP contribution in [0.3, 0.4) is 0 Å². The molecule has 7 heteroatoms. The number of rotatable bonds is 2. The lowest BCUT2D eigenvalue weighted by atomic mass is 10.5. The maximum Gasteiger partial charge on any atom is 0.357 e. The Morgan fingerprint density at radius 2 is 2.43 bits per heavy atom. The molecule has 0 amide bonds. The summed E-state index contributed by atoms with van der Waals surface area (Å²) in [7, 11) is 0. The fourth-order valence-corrected chi connectivity index (χ4v) is 1.16. The van der Waals surface area contributed by atoms with Gasteiger partial charge in [-0.05, 0) is 15.9 Å². The second kappa shape index (κ2) is 3.26. The topological polar surface area (TPSA) is 81.1 Å². The number of hydrogen-bond donors (Lipinski definition) is 1. The summed E-state index contributed by atoms with van der Waals surface area (Å²) in [6.07, 6.45) is 4.22. The molecule has 0 aliphatic carbocycles. The van der Waals surface area contributed by atoms with Gasteiger partial charge in [0.1, 0.15) is 6.26 Å². The molecule has 2 heterocycles. The molecule has 0 spiro atoms. The van der Waals surface area contributed by atoms with Crippen LogP contribution in [0.15, 0.2) is 27.5 Å². The van der Waals surface area contributed by atoms with Gasteiger partial charge in [0.15, 0.2) is 5.69 Å². The molecule has 0 bridgehead atoms. The smallest absolute Gasteiger partial charge is 0.357 e. The normalized spacial score (nSPS) is 10.4. The molecule has 72 valence electrons. The van der Waals surface area contributed by atoms with Crippen molar-refractivity contribution in [2.45, 2.75) is 0 Å². The summed E-state index contributed by atoms with van der Waals surface area (Å²) in [5.74, 6) is -1.13. The van der Waals surface area contributed by atoms with Crippen molar-refractivity contribution < 1.29 is 14.3 Å². The van der Waals surface area contributed by atoms with E-state index in [0.717, 1.165) is 10.7 Å². The number of oxazole rings is 1. The van der Waals surface area contributed by atoms with Gasteiger partial charge in [-0.15, -0.1) is 0 Å². The zero-order chi connectivity index (χ0) is 10.1. The molecule has 6 nitrogen and oxygen atoms in total. The van der Waals surface area contributed by atoms with E-state index in [1.807, 2.05) is 0 Å². The van der Waals surface area contributed by atoms with Gasteiger partial charge in [-0.3, -0.25) is 0 Å². The molecule has 0 unspecified atom stereocenters. The summed E-state index contributed by atoms with van der Waals surface area (Å²) >= 11 is 3.20. The molecule has 2 rings (SSSR count). The molecule has 0 saturated carbocycles. The molecule has 2 aromatic rings. The minimum absolute atomic E-state index is 0.119. The van der Waals surface area contributed by atoms with E-state index < -0.39 is 5.97 Å². The van der Waals surface area contributed by atoms with E-state index in [1.54, 1.807) is 12.4 Å². The number of carboxylic acids is 1. The first-order valence-corrected chi connectivity index (χ1v) is 4.35. The molecule has 0 aliphatic heterocycles. The Kier molecular flexibility index (Phi) is 2.08. The van der Waals surface area contributed by atoms with Crippen molar-refractivity contribution in [3.63, 3.8) is 0 Å². The van der Waals surface area contributed by atoms with Crippen LogP contribution in [0.4, 0.5) is 0 Å². The predicted molar refractivity (Wildman–Crippen MR) is 48.3 cm³/mol. The summed E-state index contributed by atoms with van der Waals surface area (Å²) in [5, 5.41) is 12.5. The second-order valence-electron chi connectivity index (χ2n) is 2.42. The third-order valence-electron chi connectivity index (χ3n) is 1.46. The van der Waals surface area contributed by atoms with Gasteiger partial charge in [0, 0.05) is 6.20 Å². The summed E-state index contributed by atoms with van der Waals surface area (Å²) in [4.78, 5) is 14.2. The Morgan fingerprint density at radius 1 is 1.64 bits per heavy atom. The lowest BCUT2D eigenvalue weighted by molar-refractivity contribution is 0.0690. The third kappa shape index (κ3) is 1.53. The fraction of sp³-hybridized carbons (Fsp3) is 0. The van der Waals surface area contributed by atoms with Crippen molar-refractivity contribution in [1.82, 2.24) is 14.8 Å². The maximum absolute atomic E-state index is 10.5. The minimum atomic E-state index is -1.13. The summed E-state index contributed by atoms with van der Waals surface area (Å²) in [5.41, 5.74) is -0.147. The van der Waals surface area contributed by atoms with E-state index in [2.05, 4.69) is 26.0 Å². The molecule has 0 aromatic carbocycles. The SMILES string of the molecule is O=C(O)c1coc(-n2cc(Br)cn2)n1. The molecule has 14 heavy (non-hydrogen) atoms. The standard InChI is InChI=1S/C7H4BrN3O3/c8-4-1-9-11(2-4)7-10-5(3-14-7)6(12)13/h1-3H,(H,12,13). The number of hydrogen-bond acceptors (Lipinski definition) is 4. The fourth-order valence-electron chi connectivity index (χ4n) is 0.873. The van der Waals surface area contributed by atoms with Gasteiger partial charge < -0.3 is 9.52 Å². The van der Waals surface area contributed by atoms with Crippen molar-refractivity contribution in [2.24, 2.45) is 0 Å². The number of nitrogens with zero attached hydrogens (tertiary/aromatic N) is 3. The number of carbonyl (C=O) groups is 1. The summed E-state index contributed by atoms with van der Waals surface area (Å²) in [6, 6.07) is 0.119. The Labute approximate surface area is 86.3 Å². The molecule has 0 radical (unpaired) electrons. The highest BCUT2D eigenvalue weighted by Gasteiger charge is 2.11. The van der Waals surface area contributed by atoms with Gasteiger partial charge in [0.05, 0.1) is 10.7 Å². The zero-order valence-corrected chi connectivity index (χ0v) is 8.30. The highest BCUT2D eigenvalue weighted by atomic mass is 79.9. The predicted octanol–water partition coefficient (Wildman–Crippen LogP) is 1.32. The molecule has 0 saturated heterocycles. The average Bonchev–Trinajstić information content (AvgIpc) is 2.70. The van der Waals surface area contributed by atoms with E-state index >= 15 is 0 Å². The maximum atomic E-state index is 10.5. The lowest BCUT2D eigenvalue weighted by Crippen LogP contribution is -1.99.